The summed E-state index contributed by atoms with van der Waals surface area (Å²) in [7, 11) is 0. The highest BCUT2D eigenvalue weighted by Gasteiger charge is 2.32. The Morgan fingerprint density at radius 2 is 1.87 bits per heavy atom. The van der Waals surface area contributed by atoms with E-state index >= 15 is 0 Å². The zero-order valence-corrected chi connectivity index (χ0v) is 14.4. The molecule has 3 rings (SSSR count). The number of anilines is 1. The molecule has 2 aromatic rings. The van der Waals surface area contributed by atoms with E-state index in [-0.39, 0.29) is 5.91 Å². The smallest absolute Gasteiger partial charge is 0.268 e. The zero-order valence-electron chi connectivity index (χ0n) is 12.0. The van der Waals surface area contributed by atoms with E-state index in [1.165, 1.54) is 16.7 Å². The van der Waals surface area contributed by atoms with Crippen molar-refractivity contribution in [2.45, 2.75) is 0 Å². The van der Waals surface area contributed by atoms with Gasteiger partial charge in [0.25, 0.3) is 5.91 Å². The molecule has 5 heteroatoms. The van der Waals surface area contributed by atoms with E-state index in [0.717, 1.165) is 5.56 Å². The average Bonchev–Trinajstić information content (AvgIpc) is 2.82. The van der Waals surface area contributed by atoms with E-state index < -0.39 is 0 Å². The van der Waals surface area contributed by atoms with Gasteiger partial charge in [-0.3, -0.25) is 9.69 Å². The molecule has 0 aromatic heterocycles. The molecule has 114 valence electrons. The van der Waals surface area contributed by atoms with Crippen molar-refractivity contribution < 1.29 is 4.79 Å². The molecule has 0 aliphatic carbocycles. The fourth-order valence-electron chi connectivity index (χ4n) is 2.13. The number of halogens is 1. The minimum atomic E-state index is -0.125. The van der Waals surface area contributed by atoms with Crippen LogP contribution < -0.4 is 4.90 Å². The lowest BCUT2D eigenvalue weighted by molar-refractivity contribution is -0.113. The molecule has 1 heterocycles. The van der Waals surface area contributed by atoms with Crippen LogP contribution in [0.25, 0.3) is 6.08 Å². The summed E-state index contributed by atoms with van der Waals surface area (Å²) in [6, 6.07) is 17.0. The van der Waals surface area contributed by atoms with Gasteiger partial charge in [-0.05, 0) is 29.8 Å². The molecule has 1 aliphatic heterocycles. The number of thioether (sulfide) groups is 1. The monoisotopic (exact) mass is 357 g/mol. The number of rotatable bonds is 3. The molecule has 1 saturated heterocycles. The maximum absolute atomic E-state index is 12.5. The molecule has 2 nitrogen and oxygen atoms in total. The average molecular weight is 358 g/mol. The molecular formula is C18H12ClNOS2. The Balaban J connectivity index is 1.81. The van der Waals surface area contributed by atoms with Gasteiger partial charge in [-0.1, -0.05) is 84.1 Å². The van der Waals surface area contributed by atoms with Gasteiger partial charge in [0.2, 0.25) is 0 Å². The van der Waals surface area contributed by atoms with Gasteiger partial charge in [0.05, 0.1) is 10.6 Å². The van der Waals surface area contributed by atoms with E-state index in [1.54, 1.807) is 24.3 Å². The molecule has 0 bridgehead atoms. The van der Waals surface area contributed by atoms with Crippen molar-refractivity contribution in [2.75, 3.05) is 4.90 Å². The first-order valence-corrected chi connectivity index (χ1v) is 8.51. The van der Waals surface area contributed by atoms with Gasteiger partial charge in [0.1, 0.15) is 0 Å². The highest BCUT2D eigenvalue weighted by Crippen LogP contribution is 2.35. The fourth-order valence-corrected chi connectivity index (χ4v) is 3.57. The minimum absolute atomic E-state index is 0.125. The normalized spacial score (nSPS) is 16.7. The number of carbonyl (C=O) groups is 1. The first-order chi connectivity index (χ1) is 11.1. The third-order valence-corrected chi connectivity index (χ3v) is 4.75. The molecule has 0 N–H and O–H groups in total. The number of hydrogen-bond donors (Lipinski definition) is 0. The van der Waals surface area contributed by atoms with E-state index in [4.69, 9.17) is 23.8 Å². The van der Waals surface area contributed by atoms with Crippen molar-refractivity contribution in [3.8, 4) is 0 Å². The molecular weight excluding hydrogens is 346 g/mol. The Kier molecular flexibility index (Phi) is 4.96. The van der Waals surface area contributed by atoms with Gasteiger partial charge in [-0.25, -0.2) is 0 Å². The molecule has 2 aromatic carbocycles. The van der Waals surface area contributed by atoms with Crippen molar-refractivity contribution in [3.05, 3.63) is 82.2 Å². The van der Waals surface area contributed by atoms with Gasteiger partial charge in [-0.15, -0.1) is 0 Å². The third-order valence-electron chi connectivity index (χ3n) is 3.20. The van der Waals surface area contributed by atoms with Crippen LogP contribution in [0.3, 0.4) is 0 Å². The van der Waals surface area contributed by atoms with Crippen LogP contribution in [0.1, 0.15) is 5.56 Å². The number of thiocarbonyl (C=S) groups is 1. The summed E-state index contributed by atoms with van der Waals surface area (Å²) in [6.45, 7) is 0. The quantitative estimate of drug-likeness (QED) is 0.549. The molecule has 0 saturated carbocycles. The summed E-state index contributed by atoms with van der Waals surface area (Å²) in [4.78, 5) is 14.6. The van der Waals surface area contributed by atoms with Crippen LogP contribution in [0.2, 0.25) is 5.02 Å². The summed E-state index contributed by atoms with van der Waals surface area (Å²) in [5.74, 6) is -0.125. The van der Waals surface area contributed by atoms with Crippen LogP contribution in [0, 0.1) is 0 Å². The third kappa shape index (κ3) is 3.72. The lowest BCUT2D eigenvalue weighted by Crippen LogP contribution is -2.27. The van der Waals surface area contributed by atoms with Crippen LogP contribution in [0.15, 0.2) is 71.7 Å². The Morgan fingerprint density at radius 1 is 1.09 bits per heavy atom. The first kappa shape index (κ1) is 16.0. The molecule has 0 spiro atoms. The van der Waals surface area contributed by atoms with Crippen LogP contribution in [0.4, 0.5) is 5.69 Å². The summed E-state index contributed by atoms with van der Waals surface area (Å²) in [5, 5.41) is 0.574. The lowest BCUT2D eigenvalue weighted by atomic mass is 10.2. The molecule has 1 aliphatic rings. The van der Waals surface area contributed by atoms with Crippen molar-refractivity contribution in [1.82, 2.24) is 0 Å². The van der Waals surface area contributed by atoms with E-state index in [0.29, 0.717) is 19.9 Å². The number of benzene rings is 2. The number of carbonyl (C=O) groups excluding carboxylic acids is 1. The maximum Gasteiger partial charge on any atom is 0.270 e. The van der Waals surface area contributed by atoms with Gasteiger partial charge < -0.3 is 0 Å². The Morgan fingerprint density at radius 3 is 2.61 bits per heavy atom. The predicted octanol–water partition coefficient (Wildman–Crippen LogP) is 5.30. The summed E-state index contributed by atoms with van der Waals surface area (Å²) < 4.78 is 0.511. The second-order valence-corrected chi connectivity index (χ2v) is 6.90. The number of nitrogens with zero attached hydrogens (tertiary/aromatic N) is 1. The topological polar surface area (TPSA) is 20.3 Å². The highest BCUT2D eigenvalue weighted by molar-refractivity contribution is 8.27. The van der Waals surface area contributed by atoms with Crippen molar-refractivity contribution >= 4 is 57.6 Å². The van der Waals surface area contributed by atoms with Crippen molar-refractivity contribution in [2.24, 2.45) is 0 Å². The Hall–Kier alpha value is -1.88. The van der Waals surface area contributed by atoms with E-state index in [1.807, 2.05) is 48.6 Å². The second kappa shape index (κ2) is 7.13. The second-order valence-electron chi connectivity index (χ2n) is 4.79. The zero-order chi connectivity index (χ0) is 16.2. The Labute approximate surface area is 149 Å². The number of amides is 1. The van der Waals surface area contributed by atoms with Crippen LogP contribution in [-0.2, 0) is 4.79 Å². The van der Waals surface area contributed by atoms with Gasteiger partial charge in [0.15, 0.2) is 4.32 Å². The van der Waals surface area contributed by atoms with Crippen molar-refractivity contribution in [3.63, 3.8) is 0 Å². The van der Waals surface area contributed by atoms with Crippen LogP contribution in [0.5, 0.6) is 0 Å². The first-order valence-electron chi connectivity index (χ1n) is 6.90. The molecule has 1 fully saturated rings. The van der Waals surface area contributed by atoms with Crippen LogP contribution >= 0.6 is 35.6 Å². The molecule has 1 amide bonds. The van der Waals surface area contributed by atoms with Crippen LogP contribution in [-0.4, -0.2) is 10.2 Å². The minimum Gasteiger partial charge on any atom is -0.268 e. The number of hydrogen-bond acceptors (Lipinski definition) is 3. The SMILES string of the molecule is O=C1/C(=C\C=C\c2ccccc2)SC(=S)N1c1cccc(Cl)c1. The Bertz CT molecular complexity index is 815. The summed E-state index contributed by atoms with van der Waals surface area (Å²) >= 11 is 12.6. The van der Waals surface area contributed by atoms with Gasteiger partial charge in [-0.2, -0.15) is 0 Å². The summed E-state index contributed by atoms with van der Waals surface area (Å²) in [5.41, 5.74) is 1.77. The standard InChI is InChI=1S/C18H12ClNOS2/c19-14-9-5-10-15(12-14)20-17(21)16(23-18(20)22)11-4-8-13-6-2-1-3-7-13/h1-12H/b8-4+,16-11+. The number of allylic oxidation sites excluding steroid dienone is 2. The largest absolute Gasteiger partial charge is 0.270 e. The van der Waals surface area contributed by atoms with Gasteiger partial charge in [0, 0.05) is 5.02 Å². The lowest BCUT2D eigenvalue weighted by Gasteiger charge is -2.14. The van der Waals surface area contributed by atoms with Gasteiger partial charge >= 0.3 is 0 Å². The summed E-state index contributed by atoms with van der Waals surface area (Å²) in [6.07, 6.45) is 5.60. The van der Waals surface area contributed by atoms with E-state index in [9.17, 15) is 4.79 Å². The fraction of sp³-hybridized carbons (Fsp3) is 0. The molecule has 23 heavy (non-hydrogen) atoms. The molecule has 0 radical (unpaired) electrons. The highest BCUT2D eigenvalue weighted by atomic mass is 35.5. The van der Waals surface area contributed by atoms with Crippen molar-refractivity contribution in [1.29, 1.82) is 0 Å². The molecule has 0 unspecified atom stereocenters. The van der Waals surface area contributed by atoms with E-state index in [2.05, 4.69) is 0 Å². The maximum atomic E-state index is 12.5. The predicted molar refractivity (Wildman–Crippen MR) is 103 cm³/mol. The molecule has 0 atom stereocenters.